The molecule has 0 aliphatic heterocycles. The quantitative estimate of drug-likeness (QED) is 0.615. The van der Waals surface area contributed by atoms with Crippen molar-refractivity contribution in [3.8, 4) is 11.3 Å². The third-order valence-electron chi connectivity index (χ3n) is 4.79. The lowest BCUT2D eigenvalue weighted by Gasteiger charge is -2.16. The summed E-state index contributed by atoms with van der Waals surface area (Å²) in [6, 6.07) is 16.0. The molecule has 154 valence electrons. The highest BCUT2D eigenvalue weighted by atomic mass is 16.4. The van der Waals surface area contributed by atoms with Crippen molar-refractivity contribution < 1.29 is 18.8 Å². The summed E-state index contributed by atoms with van der Waals surface area (Å²) in [7, 11) is 1.55. The number of nitrogens with one attached hydrogen (secondary N) is 1. The molecule has 1 N–H and O–H groups in total. The molecule has 3 aromatic rings. The molecule has 0 aliphatic carbocycles. The zero-order chi connectivity index (χ0) is 21.8. The molecule has 30 heavy (non-hydrogen) atoms. The molecule has 0 atom stereocenters. The van der Waals surface area contributed by atoms with Crippen molar-refractivity contribution in [2.75, 3.05) is 18.9 Å². The van der Waals surface area contributed by atoms with Crippen LogP contribution in [-0.4, -0.2) is 36.1 Å². The van der Waals surface area contributed by atoms with Gasteiger partial charge in [0.1, 0.15) is 5.76 Å². The molecule has 0 saturated carbocycles. The number of benzene rings is 2. The fourth-order valence-electron chi connectivity index (χ4n) is 3.01. The number of furan rings is 1. The zero-order valence-electron chi connectivity index (χ0n) is 17.5. The van der Waals surface area contributed by atoms with Crippen molar-refractivity contribution in [1.82, 2.24) is 4.90 Å². The first-order valence-corrected chi connectivity index (χ1v) is 9.58. The van der Waals surface area contributed by atoms with Crippen molar-refractivity contribution in [1.29, 1.82) is 0 Å². The van der Waals surface area contributed by atoms with E-state index in [9.17, 15) is 14.4 Å². The highest BCUT2D eigenvalue weighted by Gasteiger charge is 2.19. The van der Waals surface area contributed by atoms with Gasteiger partial charge in [0.15, 0.2) is 11.5 Å². The first-order chi connectivity index (χ1) is 14.2. The van der Waals surface area contributed by atoms with Crippen LogP contribution in [0.4, 0.5) is 5.69 Å². The fourth-order valence-corrected chi connectivity index (χ4v) is 3.01. The second-order valence-electron chi connectivity index (χ2n) is 7.33. The maximum atomic E-state index is 12.6. The minimum atomic E-state index is -0.391. The van der Waals surface area contributed by atoms with E-state index in [0.717, 1.165) is 22.4 Å². The molecule has 1 heterocycles. The second kappa shape index (κ2) is 8.78. The average Bonchev–Trinajstić information content (AvgIpc) is 3.20. The molecule has 0 unspecified atom stereocenters. The number of ketones is 1. The van der Waals surface area contributed by atoms with Crippen LogP contribution < -0.4 is 5.32 Å². The topological polar surface area (TPSA) is 79.6 Å². The minimum absolute atomic E-state index is 0.0161. The molecule has 2 aromatic carbocycles. The lowest BCUT2D eigenvalue weighted by molar-refractivity contribution is -0.116. The Labute approximate surface area is 175 Å². The molecule has 6 heteroatoms. The Bertz CT molecular complexity index is 1100. The van der Waals surface area contributed by atoms with Gasteiger partial charge >= 0.3 is 0 Å². The van der Waals surface area contributed by atoms with Crippen LogP contribution in [0.5, 0.6) is 0 Å². The van der Waals surface area contributed by atoms with E-state index in [0.29, 0.717) is 11.3 Å². The van der Waals surface area contributed by atoms with Gasteiger partial charge in [-0.05, 0) is 50.1 Å². The molecule has 0 aliphatic rings. The summed E-state index contributed by atoms with van der Waals surface area (Å²) in [5, 5.41) is 2.84. The zero-order valence-corrected chi connectivity index (χ0v) is 17.5. The third kappa shape index (κ3) is 4.84. The number of rotatable bonds is 6. The number of hydrogen-bond donors (Lipinski definition) is 1. The Balaban J connectivity index is 1.65. The predicted octanol–water partition coefficient (Wildman–Crippen LogP) is 4.48. The summed E-state index contributed by atoms with van der Waals surface area (Å²) >= 11 is 0. The van der Waals surface area contributed by atoms with Crippen LogP contribution in [0, 0.1) is 13.8 Å². The number of anilines is 1. The van der Waals surface area contributed by atoms with Crippen LogP contribution in [0.2, 0.25) is 0 Å². The van der Waals surface area contributed by atoms with Crippen LogP contribution in [0.15, 0.2) is 59.0 Å². The van der Waals surface area contributed by atoms with Gasteiger partial charge in [-0.2, -0.15) is 0 Å². The third-order valence-corrected chi connectivity index (χ3v) is 4.79. The van der Waals surface area contributed by atoms with Gasteiger partial charge in [-0.3, -0.25) is 14.4 Å². The Morgan fingerprint density at radius 2 is 1.67 bits per heavy atom. The first kappa shape index (κ1) is 21.0. The highest BCUT2D eigenvalue weighted by molar-refractivity contribution is 5.98. The summed E-state index contributed by atoms with van der Waals surface area (Å²) in [6.07, 6.45) is 0. The van der Waals surface area contributed by atoms with Gasteiger partial charge in [-0.25, -0.2) is 0 Å². The summed E-state index contributed by atoms with van der Waals surface area (Å²) in [5.74, 6) is -0.0362. The lowest BCUT2D eigenvalue weighted by Crippen LogP contribution is -2.34. The normalized spacial score (nSPS) is 10.5. The minimum Gasteiger partial charge on any atom is -0.451 e. The largest absolute Gasteiger partial charge is 0.451 e. The molecule has 1 aromatic heterocycles. The number of likely N-dealkylation sites (N-methyl/N-ethyl adjacent to an activating group) is 1. The van der Waals surface area contributed by atoms with Gasteiger partial charge in [0.2, 0.25) is 5.91 Å². The number of nitrogens with zero attached hydrogens (tertiary/aromatic N) is 1. The van der Waals surface area contributed by atoms with E-state index in [1.807, 2.05) is 32.0 Å². The molecule has 0 bridgehead atoms. The first-order valence-electron chi connectivity index (χ1n) is 9.58. The summed E-state index contributed by atoms with van der Waals surface area (Å²) in [5.41, 5.74) is 4.09. The second-order valence-corrected chi connectivity index (χ2v) is 7.33. The number of carbonyl (C=O) groups excluding carboxylic acids is 3. The van der Waals surface area contributed by atoms with Crippen molar-refractivity contribution in [2.45, 2.75) is 20.8 Å². The van der Waals surface area contributed by atoms with Crippen LogP contribution >= 0.6 is 0 Å². The maximum absolute atomic E-state index is 12.6. The van der Waals surface area contributed by atoms with Crippen molar-refractivity contribution in [2.24, 2.45) is 0 Å². The van der Waals surface area contributed by atoms with E-state index in [2.05, 4.69) is 5.32 Å². The van der Waals surface area contributed by atoms with Gasteiger partial charge in [0.25, 0.3) is 5.91 Å². The molecule has 0 spiro atoms. The molecule has 3 rings (SSSR count). The molecule has 0 saturated heterocycles. The molecular formula is C24H24N2O4. The summed E-state index contributed by atoms with van der Waals surface area (Å²) < 4.78 is 5.68. The predicted molar refractivity (Wildman–Crippen MR) is 116 cm³/mol. The SMILES string of the molecule is CC(=O)c1ccc(-c2ccc(C(=O)N(C)CC(=O)Nc3cc(C)ccc3C)o2)cc1. The Morgan fingerprint density at radius 1 is 0.967 bits per heavy atom. The fraction of sp³-hybridized carbons (Fsp3) is 0.208. The average molecular weight is 404 g/mol. The maximum Gasteiger partial charge on any atom is 0.289 e. The van der Waals surface area contributed by atoms with E-state index >= 15 is 0 Å². The Hall–Kier alpha value is -3.67. The van der Waals surface area contributed by atoms with Crippen molar-refractivity contribution >= 4 is 23.3 Å². The Kier molecular flexibility index (Phi) is 6.16. The van der Waals surface area contributed by atoms with Crippen LogP contribution in [0.25, 0.3) is 11.3 Å². The van der Waals surface area contributed by atoms with Gasteiger partial charge in [0, 0.05) is 23.9 Å². The number of aryl methyl sites for hydroxylation is 2. The van der Waals surface area contributed by atoms with Gasteiger partial charge < -0.3 is 14.6 Å². The molecule has 2 amide bonds. The monoisotopic (exact) mass is 404 g/mol. The van der Waals surface area contributed by atoms with E-state index < -0.39 is 5.91 Å². The molecule has 6 nitrogen and oxygen atoms in total. The highest BCUT2D eigenvalue weighted by Crippen LogP contribution is 2.23. The molecule has 0 radical (unpaired) electrons. The van der Waals surface area contributed by atoms with E-state index in [1.54, 1.807) is 43.4 Å². The standard InChI is InChI=1S/C24H24N2O4/c1-15-5-6-16(2)20(13-15)25-23(28)14-26(4)24(29)22-12-11-21(30-22)19-9-7-18(8-10-19)17(3)27/h5-13H,14H2,1-4H3,(H,25,28). The van der Waals surface area contributed by atoms with E-state index in [4.69, 9.17) is 4.42 Å². The van der Waals surface area contributed by atoms with E-state index in [-0.39, 0.29) is 24.0 Å². The van der Waals surface area contributed by atoms with Crippen molar-refractivity contribution in [3.05, 3.63) is 77.0 Å². The lowest BCUT2D eigenvalue weighted by atomic mass is 10.1. The summed E-state index contributed by atoms with van der Waals surface area (Å²) in [4.78, 5) is 37.7. The number of carbonyl (C=O) groups is 3. The number of amides is 2. The smallest absolute Gasteiger partial charge is 0.289 e. The molecular weight excluding hydrogens is 380 g/mol. The number of Topliss-reactive ketones (excluding diaryl/α,β-unsaturated/α-hetero) is 1. The van der Waals surface area contributed by atoms with Crippen LogP contribution in [0.1, 0.15) is 39.0 Å². The van der Waals surface area contributed by atoms with Crippen LogP contribution in [-0.2, 0) is 4.79 Å². The molecule has 0 fully saturated rings. The van der Waals surface area contributed by atoms with Crippen molar-refractivity contribution in [3.63, 3.8) is 0 Å². The summed E-state index contributed by atoms with van der Waals surface area (Å²) in [6.45, 7) is 5.27. The van der Waals surface area contributed by atoms with Gasteiger partial charge in [-0.15, -0.1) is 0 Å². The van der Waals surface area contributed by atoms with Crippen LogP contribution in [0.3, 0.4) is 0 Å². The van der Waals surface area contributed by atoms with E-state index in [1.165, 1.54) is 11.8 Å². The Morgan fingerprint density at radius 3 is 2.33 bits per heavy atom. The number of hydrogen-bond acceptors (Lipinski definition) is 4. The van der Waals surface area contributed by atoms with Gasteiger partial charge in [-0.1, -0.05) is 36.4 Å². The van der Waals surface area contributed by atoms with Gasteiger partial charge in [0.05, 0.1) is 6.54 Å².